The highest BCUT2D eigenvalue weighted by Gasteiger charge is 2.35. The third-order valence-corrected chi connectivity index (χ3v) is 7.21. The van der Waals surface area contributed by atoms with Gasteiger partial charge in [-0.05, 0) is 64.2 Å². The second-order valence-corrected chi connectivity index (χ2v) is 9.59. The van der Waals surface area contributed by atoms with Crippen molar-refractivity contribution in [3.05, 3.63) is 73.2 Å². The fourth-order valence-electron chi connectivity index (χ4n) is 3.24. The van der Waals surface area contributed by atoms with E-state index in [0.717, 1.165) is 27.8 Å². The van der Waals surface area contributed by atoms with Crippen LogP contribution in [0.1, 0.15) is 10.4 Å². The van der Waals surface area contributed by atoms with Crippen molar-refractivity contribution in [2.45, 2.75) is 6.54 Å². The van der Waals surface area contributed by atoms with Gasteiger partial charge in [0.25, 0.3) is 11.1 Å². The van der Waals surface area contributed by atoms with E-state index in [9.17, 15) is 9.59 Å². The third kappa shape index (κ3) is 4.06. The quantitative estimate of drug-likeness (QED) is 0.382. The Kier molecular flexibility index (Phi) is 5.44. The van der Waals surface area contributed by atoms with Crippen molar-refractivity contribution in [1.82, 2.24) is 4.90 Å². The van der Waals surface area contributed by atoms with Crippen LogP contribution in [0.15, 0.2) is 52.7 Å². The molecule has 1 aromatic heterocycles. The Morgan fingerprint density at radius 2 is 1.74 bits per heavy atom. The lowest BCUT2D eigenvalue weighted by Gasteiger charge is -2.14. The molecule has 31 heavy (non-hydrogen) atoms. The highest BCUT2D eigenvalue weighted by Crippen LogP contribution is 2.40. The molecule has 5 nitrogen and oxygen atoms in total. The lowest BCUT2D eigenvalue weighted by Crippen LogP contribution is -2.27. The van der Waals surface area contributed by atoms with Crippen LogP contribution < -0.4 is 9.47 Å². The molecule has 9 heteroatoms. The summed E-state index contributed by atoms with van der Waals surface area (Å²) in [7, 11) is 0. The molecular formula is C22H13Cl2NO4S2. The van der Waals surface area contributed by atoms with Gasteiger partial charge in [-0.1, -0.05) is 35.3 Å². The van der Waals surface area contributed by atoms with Gasteiger partial charge in [-0.25, -0.2) is 0 Å². The number of thioether (sulfide) groups is 1. The van der Waals surface area contributed by atoms with Crippen LogP contribution in [-0.2, 0) is 11.3 Å². The Morgan fingerprint density at radius 1 is 1.00 bits per heavy atom. The Hall–Kier alpha value is -2.45. The van der Waals surface area contributed by atoms with E-state index in [2.05, 4.69) is 0 Å². The molecular weight excluding hydrogens is 477 g/mol. The van der Waals surface area contributed by atoms with E-state index in [1.165, 1.54) is 16.2 Å². The summed E-state index contributed by atoms with van der Waals surface area (Å²) in [5.74, 6) is 0.761. The van der Waals surface area contributed by atoms with Gasteiger partial charge in [0.15, 0.2) is 11.5 Å². The Labute approximate surface area is 196 Å². The average molecular weight is 490 g/mol. The molecule has 0 aliphatic carbocycles. The fraction of sp³-hybridized carbons (Fsp3) is 0.0909. The monoisotopic (exact) mass is 489 g/mol. The largest absolute Gasteiger partial charge is 0.454 e. The van der Waals surface area contributed by atoms with Crippen molar-refractivity contribution < 1.29 is 19.1 Å². The highest BCUT2D eigenvalue weighted by molar-refractivity contribution is 8.18. The molecule has 156 valence electrons. The number of benzene rings is 2. The molecule has 0 N–H and O–H groups in total. The molecule has 2 aliphatic heterocycles. The number of fused-ring (bicyclic) bond motifs is 1. The number of halogens is 2. The van der Waals surface area contributed by atoms with E-state index in [0.29, 0.717) is 32.0 Å². The van der Waals surface area contributed by atoms with Crippen LogP contribution >= 0.6 is 46.3 Å². The predicted octanol–water partition coefficient (Wildman–Crippen LogP) is 6.69. The van der Waals surface area contributed by atoms with Crippen molar-refractivity contribution in [2.24, 2.45) is 0 Å². The predicted molar refractivity (Wildman–Crippen MR) is 124 cm³/mol. The van der Waals surface area contributed by atoms with Crippen LogP contribution in [0.5, 0.6) is 11.5 Å². The van der Waals surface area contributed by atoms with Gasteiger partial charge in [0.05, 0.1) is 11.4 Å². The summed E-state index contributed by atoms with van der Waals surface area (Å²) in [5.41, 5.74) is 2.68. The zero-order chi connectivity index (χ0) is 21.5. The second kappa shape index (κ2) is 8.24. The Bertz CT molecular complexity index is 1240. The Morgan fingerprint density at radius 3 is 2.52 bits per heavy atom. The van der Waals surface area contributed by atoms with E-state index < -0.39 is 0 Å². The van der Waals surface area contributed by atoms with Gasteiger partial charge in [0.2, 0.25) is 6.79 Å². The number of carbonyl (C=O) groups is 2. The number of imide groups is 1. The molecule has 0 bridgehead atoms. The third-order valence-electron chi connectivity index (χ3n) is 4.81. The molecule has 5 rings (SSSR count). The van der Waals surface area contributed by atoms with Gasteiger partial charge >= 0.3 is 0 Å². The van der Waals surface area contributed by atoms with Gasteiger partial charge < -0.3 is 9.47 Å². The Balaban J connectivity index is 1.36. The second-order valence-electron chi connectivity index (χ2n) is 6.81. The molecule has 2 aromatic carbocycles. The number of thiophene rings is 1. The number of ether oxygens (including phenoxy) is 2. The summed E-state index contributed by atoms with van der Waals surface area (Å²) in [4.78, 5) is 27.9. The summed E-state index contributed by atoms with van der Waals surface area (Å²) in [6, 6.07) is 12.9. The van der Waals surface area contributed by atoms with E-state index >= 15 is 0 Å². The first-order chi connectivity index (χ1) is 15.0. The molecule has 0 atom stereocenters. The van der Waals surface area contributed by atoms with Crippen LogP contribution in [0.4, 0.5) is 4.79 Å². The minimum Gasteiger partial charge on any atom is -0.454 e. The first-order valence-electron chi connectivity index (χ1n) is 9.16. The number of amides is 2. The zero-order valence-electron chi connectivity index (χ0n) is 15.8. The molecule has 2 amide bonds. The lowest BCUT2D eigenvalue weighted by molar-refractivity contribution is -0.123. The van der Waals surface area contributed by atoms with E-state index in [4.69, 9.17) is 32.7 Å². The maximum atomic E-state index is 12.9. The molecule has 0 spiro atoms. The lowest BCUT2D eigenvalue weighted by atomic mass is 10.1. The normalized spacial score (nSPS) is 16.6. The smallest absolute Gasteiger partial charge is 0.293 e. The van der Waals surface area contributed by atoms with E-state index in [1.54, 1.807) is 18.2 Å². The fourth-order valence-corrected chi connectivity index (χ4v) is 5.33. The minimum absolute atomic E-state index is 0.0674. The van der Waals surface area contributed by atoms with E-state index in [-0.39, 0.29) is 24.5 Å². The molecule has 2 aliphatic rings. The van der Waals surface area contributed by atoms with Crippen LogP contribution in [0, 0.1) is 0 Å². The molecule has 3 heterocycles. The molecule has 3 aromatic rings. The van der Waals surface area contributed by atoms with Crippen LogP contribution in [0.3, 0.4) is 0 Å². The average Bonchev–Trinajstić information content (AvgIpc) is 3.45. The molecule has 1 saturated heterocycles. The van der Waals surface area contributed by atoms with Crippen LogP contribution in [0.2, 0.25) is 10.0 Å². The van der Waals surface area contributed by atoms with Gasteiger partial charge in [0, 0.05) is 21.0 Å². The van der Waals surface area contributed by atoms with Gasteiger partial charge in [-0.15, -0.1) is 11.3 Å². The van der Waals surface area contributed by atoms with Crippen molar-refractivity contribution in [2.75, 3.05) is 6.79 Å². The first-order valence-corrected chi connectivity index (χ1v) is 11.6. The molecule has 1 fully saturated rings. The summed E-state index contributed by atoms with van der Waals surface area (Å²) >= 11 is 14.7. The van der Waals surface area contributed by atoms with Crippen molar-refractivity contribution in [1.29, 1.82) is 0 Å². The SMILES string of the molecule is O=C1S/C(=C\c2cc(-c3ccc(Cl)cc3)cs2)C(=O)N1Cc1cc2c(cc1Cl)OCO2. The number of hydrogen-bond acceptors (Lipinski definition) is 6. The van der Waals surface area contributed by atoms with Gasteiger partial charge in [-0.2, -0.15) is 0 Å². The van der Waals surface area contributed by atoms with Gasteiger partial charge in [-0.3, -0.25) is 14.5 Å². The summed E-state index contributed by atoms with van der Waals surface area (Å²) in [6.07, 6.45) is 1.75. The minimum atomic E-state index is -0.342. The van der Waals surface area contributed by atoms with Crippen LogP contribution in [0.25, 0.3) is 17.2 Å². The number of rotatable bonds is 4. The zero-order valence-corrected chi connectivity index (χ0v) is 18.9. The summed E-state index contributed by atoms with van der Waals surface area (Å²) in [5, 5.41) is 2.76. The highest BCUT2D eigenvalue weighted by atomic mass is 35.5. The maximum absolute atomic E-state index is 12.9. The summed E-state index contributed by atoms with van der Waals surface area (Å²) < 4.78 is 10.7. The number of nitrogens with zero attached hydrogens (tertiary/aromatic N) is 1. The van der Waals surface area contributed by atoms with Crippen molar-refractivity contribution in [3.63, 3.8) is 0 Å². The maximum Gasteiger partial charge on any atom is 0.293 e. The molecule has 0 radical (unpaired) electrons. The summed E-state index contributed by atoms with van der Waals surface area (Å²) in [6.45, 7) is 0.191. The van der Waals surface area contributed by atoms with Crippen molar-refractivity contribution in [3.8, 4) is 22.6 Å². The van der Waals surface area contributed by atoms with E-state index in [1.807, 2.05) is 35.7 Å². The molecule has 0 unspecified atom stereocenters. The van der Waals surface area contributed by atoms with Crippen molar-refractivity contribution >= 4 is 63.5 Å². The topological polar surface area (TPSA) is 55.8 Å². The molecule has 0 saturated carbocycles. The number of carbonyl (C=O) groups excluding carboxylic acids is 2. The van der Waals surface area contributed by atoms with Gasteiger partial charge in [0.1, 0.15) is 0 Å². The van der Waals surface area contributed by atoms with Crippen LogP contribution in [-0.4, -0.2) is 22.8 Å². The number of hydrogen-bond donors (Lipinski definition) is 0. The first kappa shape index (κ1) is 20.5. The standard InChI is InChI=1S/C22H13Cl2NO4S2/c23-15-3-1-12(2-4-15)14-5-16(30-10-14)7-20-21(26)25(22(27)31-20)9-13-6-18-19(8-17(13)24)29-11-28-18/h1-8,10H,9,11H2/b20-7-.